The van der Waals surface area contributed by atoms with Crippen molar-refractivity contribution in [1.82, 2.24) is 20.4 Å². The lowest BCUT2D eigenvalue weighted by Gasteiger charge is -2.36. The summed E-state index contributed by atoms with van der Waals surface area (Å²) in [5.41, 5.74) is 14.2. The zero-order valence-electron chi connectivity index (χ0n) is 18.9. The van der Waals surface area contributed by atoms with Crippen molar-refractivity contribution in [3.63, 3.8) is 0 Å². The molecule has 0 spiro atoms. The summed E-state index contributed by atoms with van der Waals surface area (Å²) in [5, 5.41) is 12.3. The molecule has 0 bridgehead atoms. The molecule has 2 radical (unpaired) electrons. The van der Waals surface area contributed by atoms with Gasteiger partial charge in [-0.05, 0) is 38.1 Å². The molecule has 33 heavy (non-hydrogen) atoms. The Morgan fingerprint density at radius 2 is 1.97 bits per heavy atom. The van der Waals surface area contributed by atoms with Crippen LogP contribution in [0.15, 0.2) is 29.3 Å². The summed E-state index contributed by atoms with van der Waals surface area (Å²) in [6, 6.07) is 6.97. The second-order valence-corrected chi connectivity index (χ2v) is 10.1. The average Bonchev–Trinajstić information content (AvgIpc) is 3.19. The highest BCUT2D eigenvalue weighted by molar-refractivity contribution is 7.16. The monoisotopic (exact) mass is 467 g/mol. The third-order valence-corrected chi connectivity index (χ3v) is 7.99. The van der Waals surface area contributed by atoms with Gasteiger partial charge in [-0.2, -0.15) is 0 Å². The Morgan fingerprint density at radius 3 is 2.76 bits per heavy atom. The van der Waals surface area contributed by atoms with Crippen molar-refractivity contribution in [3.05, 3.63) is 50.4 Å². The Labute approximate surface area is 198 Å². The molecule has 3 aliphatic heterocycles. The number of nitro groups is 1. The molecule has 2 aromatic rings. The fourth-order valence-corrected chi connectivity index (χ4v) is 6.31. The Kier molecular flexibility index (Phi) is 6.33. The molecule has 0 N–H and O–H groups in total. The number of para-hydroxylation sites is 2. The van der Waals surface area contributed by atoms with E-state index in [4.69, 9.17) is 0 Å². The summed E-state index contributed by atoms with van der Waals surface area (Å²) in [4.78, 5) is 25.8. The topological polar surface area (TPSA) is 90.8 Å². The fourth-order valence-electron chi connectivity index (χ4n) is 5.01. The van der Waals surface area contributed by atoms with Crippen molar-refractivity contribution >= 4 is 34.1 Å². The summed E-state index contributed by atoms with van der Waals surface area (Å²) in [6.45, 7) is 6.93. The van der Waals surface area contributed by atoms with Crippen molar-refractivity contribution in [1.29, 1.82) is 0 Å². The zero-order valence-corrected chi connectivity index (χ0v) is 19.7. The zero-order chi connectivity index (χ0) is 22.9. The molecule has 1 atom stereocenters. The molecule has 0 saturated carbocycles. The van der Waals surface area contributed by atoms with Crippen LogP contribution in [0, 0.1) is 10.1 Å². The second kappa shape index (κ2) is 9.38. The van der Waals surface area contributed by atoms with Crippen LogP contribution in [0.1, 0.15) is 28.6 Å². The van der Waals surface area contributed by atoms with E-state index in [1.165, 1.54) is 10.4 Å². The van der Waals surface area contributed by atoms with Gasteiger partial charge in [0.15, 0.2) is 0 Å². The first-order chi connectivity index (χ1) is 16.0. The second-order valence-electron chi connectivity index (χ2n) is 8.99. The van der Waals surface area contributed by atoms with E-state index in [2.05, 4.69) is 26.7 Å². The minimum absolute atomic E-state index is 0.172. The number of nitro benzene ring substituents is 1. The Hall–Kier alpha value is -2.53. The third kappa shape index (κ3) is 4.48. The van der Waals surface area contributed by atoms with Crippen molar-refractivity contribution in [2.24, 2.45) is 4.99 Å². The highest BCUT2D eigenvalue weighted by Gasteiger charge is 2.31. The Morgan fingerprint density at radius 1 is 1.18 bits per heavy atom. The summed E-state index contributed by atoms with van der Waals surface area (Å²) in [6.07, 6.45) is 3.09. The van der Waals surface area contributed by atoms with Gasteiger partial charge in [0, 0.05) is 62.3 Å². The number of hydrogen-bond acceptors (Lipinski definition) is 8. The number of hydrogen-bond donors (Lipinski definition) is 0. The van der Waals surface area contributed by atoms with Crippen LogP contribution in [-0.4, -0.2) is 78.8 Å². The number of piperazine rings is 1. The Bertz CT molecular complexity index is 1050. The van der Waals surface area contributed by atoms with Gasteiger partial charge in [-0.1, -0.05) is 12.1 Å². The van der Waals surface area contributed by atoms with E-state index in [9.17, 15) is 15.8 Å². The van der Waals surface area contributed by atoms with Gasteiger partial charge < -0.3 is 14.7 Å². The molecule has 0 aliphatic carbocycles. The van der Waals surface area contributed by atoms with Gasteiger partial charge in [-0.3, -0.25) is 15.0 Å². The summed E-state index contributed by atoms with van der Waals surface area (Å²) in [7, 11) is 2.13. The van der Waals surface area contributed by atoms with Crippen molar-refractivity contribution in [2.75, 3.05) is 57.8 Å². The van der Waals surface area contributed by atoms with Gasteiger partial charge in [0.1, 0.15) is 16.9 Å². The van der Waals surface area contributed by atoms with Crippen molar-refractivity contribution in [3.8, 4) is 0 Å². The number of rotatable bonds is 6. The van der Waals surface area contributed by atoms with E-state index in [-0.39, 0.29) is 10.6 Å². The summed E-state index contributed by atoms with van der Waals surface area (Å²) >= 11 is 1.71. The average molecular weight is 468 g/mol. The molecule has 5 rings (SSSR count). The van der Waals surface area contributed by atoms with Crippen molar-refractivity contribution in [2.45, 2.75) is 25.6 Å². The number of benzene rings is 1. The van der Waals surface area contributed by atoms with Crippen LogP contribution in [0.25, 0.3) is 0 Å². The molecular formula is C23H29N7O2S. The van der Waals surface area contributed by atoms with E-state index in [1.54, 1.807) is 29.8 Å². The van der Waals surface area contributed by atoms with Gasteiger partial charge in [0.05, 0.1) is 11.3 Å². The first-order valence-electron chi connectivity index (χ1n) is 11.5. The van der Waals surface area contributed by atoms with Gasteiger partial charge in [-0.25, -0.2) is 4.99 Å². The molecule has 3 aliphatic rings. The Balaban J connectivity index is 1.13. The maximum atomic E-state index is 11.3. The number of aliphatic imine (C=N–C) groups is 1. The normalized spacial score (nSPS) is 21.2. The predicted molar refractivity (Wildman–Crippen MR) is 130 cm³/mol. The van der Waals surface area contributed by atoms with E-state index in [0.717, 1.165) is 75.8 Å². The molecule has 174 valence electrons. The maximum Gasteiger partial charge on any atom is 0.292 e. The lowest BCUT2D eigenvalue weighted by Crippen LogP contribution is -2.47. The highest BCUT2D eigenvalue weighted by Crippen LogP contribution is 2.44. The number of likely N-dealkylation sites (N-methyl/N-ethyl adjacent to an activating group) is 1. The molecule has 1 fully saturated rings. The third-order valence-electron chi connectivity index (χ3n) is 6.85. The van der Waals surface area contributed by atoms with Crippen LogP contribution in [0.3, 0.4) is 0 Å². The molecule has 1 aromatic heterocycles. The molecule has 4 heterocycles. The molecule has 9 nitrogen and oxygen atoms in total. The largest absolute Gasteiger partial charge is 0.363 e. The van der Waals surface area contributed by atoms with E-state index in [1.807, 2.05) is 17.0 Å². The first-order valence-corrected chi connectivity index (χ1v) is 12.3. The standard InChI is InChI=1S/C23H29N7O2S/c1-26-10-7-17-20(15-26)33-23-21(17)22(24)29(16-25-23)9-4-8-27-11-13-28(14-12-27)18-5-2-3-6-19(18)30(31)32/h2-3,5-6,16,22H,4,7-15H2,1H3. The maximum absolute atomic E-state index is 11.3. The lowest BCUT2D eigenvalue weighted by atomic mass is 10.00. The number of anilines is 1. The quantitative estimate of drug-likeness (QED) is 0.479. The van der Waals surface area contributed by atoms with Crippen molar-refractivity contribution < 1.29 is 4.92 Å². The van der Waals surface area contributed by atoms with E-state index in [0.29, 0.717) is 5.69 Å². The number of fused-ring (bicyclic) bond motifs is 3. The van der Waals surface area contributed by atoms with Gasteiger partial charge in [-0.15, -0.1) is 17.1 Å². The smallest absolute Gasteiger partial charge is 0.292 e. The van der Waals surface area contributed by atoms with Crippen LogP contribution in [0.4, 0.5) is 16.4 Å². The minimum Gasteiger partial charge on any atom is -0.363 e. The minimum atomic E-state index is -0.614. The highest BCUT2D eigenvalue weighted by atomic mass is 32.1. The van der Waals surface area contributed by atoms with Gasteiger partial charge >= 0.3 is 0 Å². The summed E-state index contributed by atoms with van der Waals surface area (Å²) < 4.78 is 0. The summed E-state index contributed by atoms with van der Waals surface area (Å²) in [5.74, 6) is 0. The van der Waals surface area contributed by atoms with E-state index < -0.39 is 6.17 Å². The fraction of sp³-hybridized carbons (Fsp3) is 0.522. The van der Waals surface area contributed by atoms with E-state index >= 15 is 0 Å². The molecule has 1 aromatic carbocycles. The first kappa shape index (κ1) is 22.3. The van der Waals surface area contributed by atoms with Gasteiger partial charge in [0.2, 0.25) is 0 Å². The van der Waals surface area contributed by atoms with Crippen LogP contribution >= 0.6 is 11.3 Å². The SMILES string of the molecule is CN1CCc2c(sc3c2C([N])N(CCCN2CCN(c4ccccc4[N+](=O)[O-])CC2)C=N3)C1. The molecule has 10 heteroatoms. The van der Waals surface area contributed by atoms with Gasteiger partial charge in [0.25, 0.3) is 5.69 Å². The van der Waals surface area contributed by atoms with Crippen LogP contribution < -0.4 is 10.6 Å². The van der Waals surface area contributed by atoms with Crippen LogP contribution in [0.2, 0.25) is 0 Å². The number of nitrogens with zero attached hydrogens (tertiary/aromatic N) is 7. The van der Waals surface area contributed by atoms with Crippen LogP contribution in [0.5, 0.6) is 0 Å². The molecule has 1 unspecified atom stereocenters. The lowest BCUT2D eigenvalue weighted by molar-refractivity contribution is -0.384. The molecule has 0 amide bonds. The molecule has 1 saturated heterocycles. The molecular weight excluding hydrogens is 438 g/mol. The number of thiophene rings is 1. The van der Waals surface area contributed by atoms with Crippen LogP contribution in [-0.2, 0) is 13.0 Å². The predicted octanol–water partition coefficient (Wildman–Crippen LogP) is 2.90.